The van der Waals surface area contributed by atoms with E-state index >= 15 is 0 Å². The second kappa shape index (κ2) is 9.79. The number of nitrogens with one attached hydrogen (secondary N) is 1. The molecule has 3 aromatic rings. The number of fused-ring (bicyclic) bond motifs is 1. The summed E-state index contributed by atoms with van der Waals surface area (Å²) in [4.78, 5) is 32.1. The van der Waals surface area contributed by atoms with Gasteiger partial charge < -0.3 is 19.5 Å². The van der Waals surface area contributed by atoms with Gasteiger partial charge in [0, 0.05) is 29.7 Å². The minimum absolute atomic E-state index is 0.0431. The summed E-state index contributed by atoms with van der Waals surface area (Å²) in [6.45, 7) is 3.63. The van der Waals surface area contributed by atoms with Gasteiger partial charge in [0.1, 0.15) is 11.9 Å². The maximum atomic E-state index is 13.2. The Labute approximate surface area is 207 Å². The molecular formula is C26H26ClFN4O3. The second-order valence-corrected chi connectivity index (χ2v) is 9.47. The van der Waals surface area contributed by atoms with Crippen molar-refractivity contribution < 1.29 is 18.7 Å². The average Bonchev–Trinajstić information content (AvgIpc) is 3.29. The van der Waals surface area contributed by atoms with Crippen LogP contribution in [0.15, 0.2) is 48.8 Å². The first kappa shape index (κ1) is 23.5. The fourth-order valence-electron chi connectivity index (χ4n) is 4.65. The highest BCUT2D eigenvalue weighted by Crippen LogP contribution is 2.29. The number of carbonyl (C=O) groups excluding carboxylic acids is 2. The number of aromatic nitrogens is 2. The number of nitrogens with zero attached hydrogens (tertiary/aromatic N) is 3. The van der Waals surface area contributed by atoms with E-state index in [2.05, 4.69) is 10.3 Å². The molecule has 3 heterocycles. The summed E-state index contributed by atoms with van der Waals surface area (Å²) in [5.74, 6) is -0.638. The number of hydrogen-bond acceptors (Lipinski definition) is 4. The van der Waals surface area contributed by atoms with E-state index in [1.165, 1.54) is 12.1 Å². The van der Waals surface area contributed by atoms with Gasteiger partial charge in [-0.15, -0.1) is 0 Å². The normalized spacial score (nSPS) is 18.3. The smallest absolute Gasteiger partial charge is 0.274 e. The van der Waals surface area contributed by atoms with Crippen molar-refractivity contribution in [3.8, 4) is 0 Å². The number of ether oxygens (including phenoxy) is 1. The van der Waals surface area contributed by atoms with Crippen LogP contribution in [0.3, 0.4) is 0 Å². The summed E-state index contributed by atoms with van der Waals surface area (Å²) < 4.78 is 21.1. The molecule has 1 saturated heterocycles. The molecule has 182 valence electrons. The number of benzene rings is 2. The molecular weight excluding hydrogens is 471 g/mol. The molecule has 0 spiro atoms. The Kier molecular flexibility index (Phi) is 6.58. The summed E-state index contributed by atoms with van der Waals surface area (Å²) in [7, 11) is 0. The zero-order valence-corrected chi connectivity index (χ0v) is 20.1. The number of aryl methyl sites for hydroxylation is 1. The Balaban J connectivity index is 1.18. The number of likely N-dealkylation sites (tertiary alicyclic amines) is 1. The molecule has 2 aliphatic heterocycles. The van der Waals surface area contributed by atoms with Gasteiger partial charge in [0.25, 0.3) is 5.91 Å². The van der Waals surface area contributed by atoms with Crippen LogP contribution in [0.1, 0.15) is 46.3 Å². The third kappa shape index (κ3) is 4.94. The zero-order chi connectivity index (χ0) is 24.5. The lowest BCUT2D eigenvalue weighted by atomic mass is 9.95. The molecule has 0 saturated carbocycles. The van der Waals surface area contributed by atoms with Crippen LogP contribution in [0.4, 0.5) is 10.1 Å². The number of anilines is 1. The summed E-state index contributed by atoms with van der Waals surface area (Å²) in [5, 5.41) is 3.62. The third-order valence-electron chi connectivity index (χ3n) is 6.75. The van der Waals surface area contributed by atoms with Crippen molar-refractivity contribution in [2.45, 2.75) is 39.0 Å². The van der Waals surface area contributed by atoms with Gasteiger partial charge >= 0.3 is 0 Å². The fraction of sp³-hybridized carbons (Fsp3) is 0.346. The maximum Gasteiger partial charge on any atom is 0.274 e. The highest BCUT2D eigenvalue weighted by Gasteiger charge is 2.32. The minimum atomic E-state index is -0.290. The van der Waals surface area contributed by atoms with Crippen LogP contribution in [0.5, 0.6) is 0 Å². The molecule has 1 N–H and O–H groups in total. The fourth-order valence-corrected chi connectivity index (χ4v) is 4.76. The van der Waals surface area contributed by atoms with Gasteiger partial charge in [-0.2, -0.15) is 0 Å². The molecule has 2 aliphatic rings. The number of carbonyl (C=O) groups is 2. The van der Waals surface area contributed by atoms with E-state index < -0.39 is 0 Å². The van der Waals surface area contributed by atoms with Crippen molar-refractivity contribution in [3.05, 3.63) is 82.1 Å². The van der Waals surface area contributed by atoms with Gasteiger partial charge in [-0.3, -0.25) is 9.59 Å². The Morgan fingerprint density at radius 2 is 1.89 bits per heavy atom. The average molecular weight is 497 g/mol. The van der Waals surface area contributed by atoms with Gasteiger partial charge in [-0.25, -0.2) is 9.37 Å². The van der Waals surface area contributed by atoms with Crippen LogP contribution < -0.4 is 5.32 Å². The molecule has 2 amide bonds. The maximum absolute atomic E-state index is 13.2. The third-order valence-corrected chi connectivity index (χ3v) is 7.18. The van der Waals surface area contributed by atoms with Crippen LogP contribution >= 0.6 is 11.6 Å². The number of hydrogen-bond donors (Lipinski definition) is 1. The first-order valence-electron chi connectivity index (χ1n) is 11.7. The number of amides is 2. The van der Waals surface area contributed by atoms with E-state index in [9.17, 15) is 14.0 Å². The van der Waals surface area contributed by atoms with Crippen molar-refractivity contribution in [3.63, 3.8) is 0 Å². The largest absolute Gasteiger partial charge is 0.365 e. The topological polar surface area (TPSA) is 76.5 Å². The molecule has 2 aromatic carbocycles. The molecule has 7 nitrogen and oxygen atoms in total. The molecule has 5 rings (SSSR count). The second-order valence-electron chi connectivity index (χ2n) is 9.06. The van der Waals surface area contributed by atoms with Crippen molar-refractivity contribution >= 4 is 29.1 Å². The van der Waals surface area contributed by atoms with Crippen molar-refractivity contribution in [2.24, 2.45) is 5.92 Å². The molecule has 1 atom stereocenters. The Morgan fingerprint density at radius 3 is 2.60 bits per heavy atom. The first-order chi connectivity index (χ1) is 16.9. The van der Waals surface area contributed by atoms with Crippen LogP contribution in [-0.2, 0) is 22.7 Å². The van der Waals surface area contributed by atoms with Crippen molar-refractivity contribution in [1.82, 2.24) is 14.5 Å². The molecule has 1 fully saturated rings. The van der Waals surface area contributed by atoms with Crippen molar-refractivity contribution in [1.29, 1.82) is 0 Å². The zero-order valence-electron chi connectivity index (χ0n) is 19.3. The summed E-state index contributed by atoms with van der Waals surface area (Å²) in [5.41, 5.74) is 3.64. The minimum Gasteiger partial charge on any atom is -0.365 e. The van der Waals surface area contributed by atoms with Crippen molar-refractivity contribution in [2.75, 3.05) is 18.4 Å². The van der Waals surface area contributed by atoms with Gasteiger partial charge in [-0.05, 0) is 61.2 Å². The van der Waals surface area contributed by atoms with E-state index in [0.29, 0.717) is 43.2 Å². The van der Waals surface area contributed by atoms with E-state index in [4.69, 9.17) is 16.3 Å². The molecule has 9 heteroatoms. The van der Waals surface area contributed by atoms with E-state index in [1.54, 1.807) is 35.5 Å². The highest BCUT2D eigenvalue weighted by molar-refractivity contribution is 6.31. The van der Waals surface area contributed by atoms with Crippen LogP contribution in [0.2, 0.25) is 5.02 Å². The highest BCUT2D eigenvalue weighted by atomic mass is 35.5. The van der Waals surface area contributed by atoms with Crippen LogP contribution in [0, 0.1) is 18.7 Å². The summed E-state index contributed by atoms with van der Waals surface area (Å²) >= 11 is 6.06. The van der Waals surface area contributed by atoms with Gasteiger partial charge in [0.2, 0.25) is 5.91 Å². The van der Waals surface area contributed by atoms with Gasteiger partial charge in [0.15, 0.2) is 5.69 Å². The number of halogens is 2. The van der Waals surface area contributed by atoms with E-state index in [0.717, 1.165) is 22.5 Å². The van der Waals surface area contributed by atoms with Gasteiger partial charge in [0.05, 0.1) is 25.2 Å². The summed E-state index contributed by atoms with van der Waals surface area (Å²) in [6.07, 6.45) is 2.61. The summed E-state index contributed by atoms with van der Waals surface area (Å²) in [6, 6.07) is 11.7. The SMILES string of the molecule is Cc1cc(NC(=O)C2CCN(C(=O)c3ncn4c3COC(c3ccc(F)cc3)C4)CC2)ccc1Cl. The Hall–Kier alpha value is -3.23. The number of rotatable bonds is 4. The van der Waals surface area contributed by atoms with Gasteiger partial charge in [-0.1, -0.05) is 23.7 Å². The molecule has 0 radical (unpaired) electrons. The molecule has 0 aliphatic carbocycles. The number of piperidine rings is 1. The van der Waals surface area contributed by atoms with Crippen LogP contribution in [0.25, 0.3) is 0 Å². The Morgan fingerprint density at radius 1 is 1.14 bits per heavy atom. The quantitative estimate of drug-likeness (QED) is 0.565. The number of imidazole rings is 1. The molecule has 1 unspecified atom stereocenters. The predicted molar refractivity (Wildman–Crippen MR) is 130 cm³/mol. The van der Waals surface area contributed by atoms with E-state index in [-0.39, 0.29) is 36.3 Å². The lowest BCUT2D eigenvalue weighted by Gasteiger charge is -2.31. The molecule has 35 heavy (non-hydrogen) atoms. The predicted octanol–water partition coefficient (Wildman–Crippen LogP) is 4.75. The molecule has 1 aromatic heterocycles. The standard InChI is InChI=1S/C26H26ClFN4O3/c1-16-12-20(6-7-21(16)27)30-25(33)18-8-10-31(11-9-18)26(34)24-22-14-35-23(13-32(22)15-29-24)17-2-4-19(28)5-3-17/h2-7,12,15,18,23H,8-11,13-14H2,1H3,(H,30,33). The van der Waals surface area contributed by atoms with E-state index in [1.807, 2.05) is 17.6 Å². The lowest BCUT2D eigenvalue weighted by Crippen LogP contribution is -2.42. The first-order valence-corrected chi connectivity index (χ1v) is 12.0. The monoisotopic (exact) mass is 496 g/mol. The lowest BCUT2D eigenvalue weighted by molar-refractivity contribution is -0.121. The Bertz CT molecular complexity index is 1250. The molecule has 0 bridgehead atoms. The van der Waals surface area contributed by atoms with Crippen LogP contribution in [-0.4, -0.2) is 39.4 Å².